The number of methoxy groups -OCH3 is 1. The number of anilines is 1. The number of ether oxygens (including phenoxy) is 2. The molecule has 8 nitrogen and oxygen atoms in total. The molecule has 0 aliphatic carbocycles. The highest BCUT2D eigenvalue weighted by Crippen LogP contribution is 2.14. The standard InChI is InChI=1S/C17H21N3O5S/c1-24-15(22)6-5-14(21)19-17(26)18-13-4-2-3-12(11-13)16(23)20-7-9-25-10-8-20/h2-4,11H,5-10H2,1H3,(H2,18,19,21,26). The van der Waals surface area contributed by atoms with Gasteiger partial charge in [-0.2, -0.15) is 0 Å². The van der Waals surface area contributed by atoms with Gasteiger partial charge in [0.1, 0.15) is 0 Å². The van der Waals surface area contributed by atoms with Gasteiger partial charge in [0.2, 0.25) is 5.91 Å². The van der Waals surface area contributed by atoms with E-state index in [0.29, 0.717) is 37.6 Å². The van der Waals surface area contributed by atoms with Crippen molar-refractivity contribution in [1.82, 2.24) is 10.2 Å². The van der Waals surface area contributed by atoms with Crippen LogP contribution in [0.15, 0.2) is 24.3 Å². The first kappa shape index (κ1) is 19.8. The average molecular weight is 379 g/mol. The Morgan fingerprint density at radius 2 is 1.96 bits per heavy atom. The lowest BCUT2D eigenvalue weighted by molar-refractivity contribution is -0.142. The molecular weight excluding hydrogens is 358 g/mol. The first-order valence-corrected chi connectivity index (χ1v) is 8.55. The Morgan fingerprint density at radius 3 is 2.65 bits per heavy atom. The van der Waals surface area contributed by atoms with Gasteiger partial charge in [-0.05, 0) is 30.4 Å². The fourth-order valence-corrected chi connectivity index (χ4v) is 2.58. The van der Waals surface area contributed by atoms with Gasteiger partial charge in [0.05, 0.1) is 26.7 Å². The summed E-state index contributed by atoms with van der Waals surface area (Å²) in [5.74, 6) is -0.938. The molecule has 1 aromatic rings. The molecule has 26 heavy (non-hydrogen) atoms. The Kier molecular flexibility index (Phi) is 7.49. The molecule has 1 aliphatic heterocycles. The van der Waals surface area contributed by atoms with Crippen LogP contribution in [-0.2, 0) is 19.1 Å². The lowest BCUT2D eigenvalue weighted by atomic mass is 10.1. The molecule has 1 fully saturated rings. The fraction of sp³-hybridized carbons (Fsp3) is 0.412. The zero-order chi connectivity index (χ0) is 18.9. The second-order valence-electron chi connectivity index (χ2n) is 5.56. The third-order valence-corrected chi connectivity index (χ3v) is 3.91. The van der Waals surface area contributed by atoms with Gasteiger partial charge in [0.25, 0.3) is 5.91 Å². The van der Waals surface area contributed by atoms with Crippen molar-refractivity contribution >= 4 is 40.8 Å². The van der Waals surface area contributed by atoms with Gasteiger partial charge in [0, 0.05) is 30.8 Å². The first-order valence-electron chi connectivity index (χ1n) is 8.14. The molecule has 1 saturated heterocycles. The van der Waals surface area contributed by atoms with Crippen molar-refractivity contribution in [3.8, 4) is 0 Å². The van der Waals surface area contributed by atoms with E-state index < -0.39 is 11.9 Å². The predicted octanol–water partition coefficient (Wildman–Crippen LogP) is 0.925. The van der Waals surface area contributed by atoms with Crippen molar-refractivity contribution in [3.63, 3.8) is 0 Å². The third-order valence-electron chi connectivity index (χ3n) is 3.70. The maximum Gasteiger partial charge on any atom is 0.306 e. The van der Waals surface area contributed by atoms with Gasteiger partial charge in [-0.1, -0.05) is 6.07 Å². The highest BCUT2D eigenvalue weighted by Gasteiger charge is 2.18. The SMILES string of the molecule is COC(=O)CCC(=O)NC(=S)Nc1cccc(C(=O)N2CCOCC2)c1. The molecule has 0 atom stereocenters. The minimum Gasteiger partial charge on any atom is -0.469 e. The Balaban J connectivity index is 1.89. The number of thiocarbonyl (C=S) groups is 1. The number of hydrogen-bond acceptors (Lipinski definition) is 6. The Hall–Kier alpha value is -2.52. The van der Waals surface area contributed by atoms with Crippen LogP contribution in [0.3, 0.4) is 0 Å². The van der Waals surface area contributed by atoms with Crippen LogP contribution in [0.4, 0.5) is 5.69 Å². The number of nitrogens with one attached hydrogen (secondary N) is 2. The average Bonchev–Trinajstić information content (AvgIpc) is 2.66. The molecular formula is C17H21N3O5S. The molecule has 1 aromatic carbocycles. The molecule has 0 unspecified atom stereocenters. The number of esters is 1. The number of benzene rings is 1. The maximum absolute atomic E-state index is 12.5. The van der Waals surface area contributed by atoms with Crippen LogP contribution >= 0.6 is 12.2 Å². The summed E-state index contributed by atoms with van der Waals surface area (Å²) in [6, 6.07) is 6.87. The van der Waals surface area contributed by atoms with Crippen LogP contribution in [-0.4, -0.2) is 61.2 Å². The molecule has 140 valence electrons. The molecule has 0 radical (unpaired) electrons. The van der Waals surface area contributed by atoms with Gasteiger partial charge in [-0.25, -0.2) is 0 Å². The largest absolute Gasteiger partial charge is 0.469 e. The van der Waals surface area contributed by atoms with Crippen LogP contribution in [0.5, 0.6) is 0 Å². The first-order chi connectivity index (χ1) is 12.5. The van der Waals surface area contributed by atoms with E-state index in [4.69, 9.17) is 17.0 Å². The normalized spacial score (nSPS) is 13.7. The zero-order valence-electron chi connectivity index (χ0n) is 14.4. The number of amides is 2. The highest BCUT2D eigenvalue weighted by molar-refractivity contribution is 7.80. The van der Waals surface area contributed by atoms with Gasteiger partial charge in [-0.3, -0.25) is 14.4 Å². The van der Waals surface area contributed by atoms with Crippen molar-refractivity contribution in [2.75, 3.05) is 38.7 Å². The van der Waals surface area contributed by atoms with E-state index >= 15 is 0 Å². The molecule has 9 heteroatoms. The molecule has 0 spiro atoms. The predicted molar refractivity (Wildman–Crippen MR) is 98.8 cm³/mol. The molecule has 1 aliphatic rings. The van der Waals surface area contributed by atoms with E-state index in [1.807, 2.05) is 0 Å². The summed E-state index contributed by atoms with van der Waals surface area (Å²) in [7, 11) is 1.26. The minimum absolute atomic E-state index is 0.0194. The third kappa shape index (κ3) is 6.08. The lowest BCUT2D eigenvalue weighted by Gasteiger charge is -2.27. The van der Waals surface area contributed by atoms with Crippen LogP contribution in [0.2, 0.25) is 0 Å². The van der Waals surface area contributed by atoms with Crippen molar-refractivity contribution in [2.24, 2.45) is 0 Å². The summed E-state index contributed by atoms with van der Waals surface area (Å²) in [6.45, 7) is 2.19. The molecule has 1 heterocycles. The van der Waals surface area contributed by atoms with Gasteiger partial charge in [0.15, 0.2) is 5.11 Å². The number of rotatable bonds is 5. The summed E-state index contributed by atoms with van der Waals surface area (Å²) < 4.78 is 9.72. The van der Waals surface area contributed by atoms with Crippen molar-refractivity contribution in [3.05, 3.63) is 29.8 Å². The maximum atomic E-state index is 12.5. The molecule has 0 saturated carbocycles. The van der Waals surface area contributed by atoms with Gasteiger partial charge in [-0.15, -0.1) is 0 Å². The van der Waals surface area contributed by atoms with E-state index in [2.05, 4.69) is 15.4 Å². The zero-order valence-corrected chi connectivity index (χ0v) is 15.3. The van der Waals surface area contributed by atoms with E-state index in [-0.39, 0.29) is 23.9 Å². The fourth-order valence-electron chi connectivity index (χ4n) is 2.35. The Morgan fingerprint density at radius 1 is 1.23 bits per heavy atom. The topological polar surface area (TPSA) is 97.0 Å². The molecule has 2 amide bonds. The molecule has 2 N–H and O–H groups in total. The van der Waals surface area contributed by atoms with Crippen LogP contribution in [0.25, 0.3) is 0 Å². The van der Waals surface area contributed by atoms with Crippen molar-refractivity contribution in [2.45, 2.75) is 12.8 Å². The van der Waals surface area contributed by atoms with E-state index in [0.717, 1.165) is 0 Å². The number of morpholine rings is 1. The molecule has 0 bridgehead atoms. The summed E-state index contributed by atoms with van der Waals surface area (Å²) >= 11 is 5.08. The van der Waals surface area contributed by atoms with Crippen LogP contribution < -0.4 is 10.6 Å². The van der Waals surface area contributed by atoms with Gasteiger partial charge < -0.3 is 25.0 Å². The number of hydrogen-bond donors (Lipinski definition) is 2. The highest BCUT2D eigenvalue weighted by atomic mass is 32.1. The number of carbonyl (C=O) groups excluding carboxylic acids is 3. The van der Waals surface area contributed by atoms with Crippen LogP contribution in [0, 0.1) is 0 Å². The summed E-state index contributed by atoms with van der Waals surface area (Å²) in [6.07, 6.45) is -0.0431. The van der Waals surface area contributed by atoms with E-state index in [1.165, 1.54) is 7.11 Å². The van der Waals surface area contributed by atoms with Crippen molar-refractivity contribution in [1.29, 1.82) is 0 Å². The summed E-state index contributed by atoms with van der Waals surface area (Å²) in [4.78, 5) is 37.0. The number of carbonyl (C=O) groups is 3. The summed E-state index contributed by atoms with van der Waals surface area (Å²) in [5.41, 5.74) is 1.11. The molecule has 2 rings (SSSR count). The Bertz CT molecular complexity index is 689. The van der Waals surface area contributed by atoms with Crippen LogP contribution in [0.1, 0.15) is 23.2 Å². The monoisotopic (exact) mass is 379 g/mol. The van der Waals surface area contributed by atoms with E-state index in [9.17, 15) is 14.4 Å². The van der Waals surface area contributed by atoms with E-state index in [1.54, 1.807) is 29.2 Å². The molecule has 0 aromatic heterocycles. The smallest absolute Gasteiger partial charge is 0.306 e. The second-order valence-corrected chi connectivity index (χ2v) is 5.97. The minimum atomic E-state index is -0.464. The summed E-state index contributed by atoms with van der Waals surface area (Å²) in [5, 5.41) is 5.44. The van der Waals surface area contributed by atoms with Crippen molar-refractivity contribution < 1.29 is 23.9 Å². The van der Waals surface area contributed by atoms with Gasteiger partial charge >= 0.3 is 5.97 Å². The Labute approximate surface area is 156 Å². The lowest BCUT2D eigenvalue weighted by Crippen LogP contribution is -2.40. The quantitative estimate of drug-likeness (QED) is 0.580. The number of nitrogens with zero attached hydrogens (tertiary/aromatic N) is 1. The second kappa shape index (κ2) is 9.83.